The molecule has 0 saturated carbocycles. The van der Waals surface area contributed by atoms with Crippen molar-refractivity contribution in [2.45, 2.75) is 16.8 Å². The van der Waals surface area contributed by atoms with Crippen molar-refractivity contribution < 1.29 is 5.11 Å². The van der Waals surface area contributed by atoms with Crippen LogP contribution in [-0.2, 0) is 6.61 Å². The van der Waals surface area contributed by atoms with Gasteiger partial charge in [0.05, 0.1) is 11.6 Å². The zero-order chi connectivity index (χ0) is 11.4. The van der Waals surface area contributed by atoms with Gasteiger partial charge in [0.25, 0.3) is 0 Å². The summed E-state index contributed by atoms with van der Waals surface area (Å²) in [4.78, 5) is 12.3. The lowest BCUT2D eigenvalue weighted by molar-refractivity contribution is 0.280. The van der Waals surface area contributed by atoms with Crippen molar-refractivity contribution in [2.75, 3.05) is 0 Å². The highest BCUT2D eigenvalue weighted by atomic mass is 35.5. The van der Waals surface area contributed by atoms with Gasteiger partial charge in [0, 0.05) is 24.2 Å². The smallest absolute Gasteiger partial charge is 0.193 e. The Morgan fingerprint density at radius 1 is 1.25 bits per heavy atom. The van der Waals surface area contributed by atoms with E-state index in [1.807, 2.05) is 0 Å². The van der Waals surface area contributed by atoms with Crippen LogP contribution in [0.25, 0.3) is 0 Å². The fourth-order valence-corrected chi connectivity index (χ4v) is 1.91. The maximum Gasteiger partial charge on any atom is 0.193 e. The largest absolute Gasteiger partial charge is 0.392 e. The van der Waals surface area contributed by atoms with Crippen LogP contribution < -0.4 is 0 Å². The van der Waals surface area contributed by atoms with E-state index in [1.54, 1.807) is 30.7 Å². The number of hydrogen-bond donors (Lipinski definition) is 1. The minimum atomic E-state index is -0.0602. The Morgan fingerprint density at radius 2 is 2.00 bits per heavy atom. The monoisotopic (exact) mass is 253 g/mol. The molecule has 0 saturated heterocycles. The minimum Gasteiger partial charge on any atom is -0.392 e. The molecular formula is C10H8ClN3OS. The topological polar surface area (TPSA) is 58.9 Å². The van der Waals surface area contributed by atoms with Crippen LogP contribution in [0.4, 0.5) is 0 Å². The summed E-state index contributed by atoms with van der Waals surface area (Å²) >= 11 is 7.24. The van der Waals surface area contributed by atoms with Gasteiger partial charge in [0.2, 0.25) is 0 Å². The van der Waals surface area contributed by atoms with Crippen LogP contribution in [0.5, 0.6) is 0 Å². The van der Waals surface area contributed by atoms with Gasteiger partial charge in [-0.05, 0) is 23.9 Å². The highest BCUT2D eigenvalue weighted by Crippen LogP contribution is 2.28. The van der Waals surface area contributed by atoms with Crippen molar-refractivity contribution >= 4 is 23.4 Å². The van der Waals surface area contributed by atoms with E-state index in [0.29, 0.717) is 20.8 Å². The lowest BCUT2D eigenvalue weighted by atomic mass is 10.4. The standard InChI is InChI=1S/C10H8ClN3OS/c11-8-2-1-3-12-9(8)16-10-13-4-7(6-15)5-14-10/h1-5,15H,6H2. The van der Waals surface area contributed by atoms with Crippen LogP contribution in [0.3, 0.4) is 0 Å². The molecule has 0 aliphatic heterocycles. The van der Waals surface area contributed by atoms with Crippen molar-refractivity contribution in [2.24, 2.45) is 0 Å². The third kappa shape index (κ3) is 2.69. The Hall–Kier alpha value is -1.17. The van der Waals surface area contributed by atoms with Gasteiger partial charge in [-0.2, -0.15) is 0 Å². The van der Waals surface area contributed by atoms with Gasteiger partial charge in [-0.3, -0.25) is 0 Å². The van der Waals surface area contributed by atoms with Gasteiger partial charge >= 0.3 is 0 Å². The molecule has 0 aliphatic rings. The van der Waals surface area contributed by atoms with Crippen molar-refractivity contribution in [1.29, 1.82) is 0 Å². The van der Waals surface area contributed by atoms with E-state index in [4.69, 9.17) is 16.7 Å². The first-order chi connectivity index (χ1) is 7.79. The molecule has 2 aromatic heterocycles. The summed E-state index contributed by atoms with van der Waals surface area (Å²) in [5.74, 6) is 0. The molecule has 0 unspecified atom stereocenters. The zero-order valence-electron chi connectivity index (χ0n) is 8.17. The van der Waals surface area contributed by atoms with Gasteiger partial charge in [0.15, 0.2) is 5.16 Å². The van der Waals surface area contributed by atoms with Crippen molar-refractivity contribution in [3.8, 4) is 0 Å². The first-order valence-corrected chi connectivity index (χ1v) is 5.69. The van der Waals surface area contributed by atoms with Gasteiger partial charge in [-0.1, -0.05) is 11.6 Å². The quantitative estimate of drug-likeness (QED) is 0.850. The third-order valence-electron chi connectivity index (χ3n) is 1.78. The average Bonchev–Trinajstić information content (AvgIpc) is 2.33. The highest BCUT2D eigenvalue weighted by Gasteiger charge is 2.05. The minimum absolute atomic E-state index is 0.0602. The number of nitrogens with zero attached hydrogens (tertiary/aromatic N) is 3. The molecule has 2 aromatic rings. The summed E-state index contributed by atoms with van der Waals surface area (Å²) in [5, 5.41) is 10.6. The molecule has 0 aromatic carbocycles. The molecule has 16 heavy (non-hydrogen) atoms. The molecule has 0 aliphatic carbocycles. The summed E-state index contributed by atoms with van der Waals surface area (Å²) < 4.78 is 0. The fraction of sp³-hybridized carbons (Fsp3) is 0.100. The lowest BCUT2D eigenvalue weighted by Gasteiger charge is -2.01. The fourth-order valence-electron chi connectivity index (χ4n) is 1.01. The van der Waals surface area contributed by atoms with E-state index in [-0.39, 0.29) is 6.61 Å². The number of aliphatic hydroxyl groups excluding tert-OH is 1. The summed E-state index contributed by atoms with van der Waals surface area (Å²) in [6.07, 6.45) is 4.81. The molecule has 0 fully saturated rings. The van der Waals surface area contributed by atoms with Gasteiger partial charge in [0.1, 0.15) is 5.03 Å². The number of hydrogen-bond acceptors (Lipinski definition) is 5. The van der Waals surface area contributed by atoms with E-state index < -0.39 is 0 Å². The molecule has 0 radical (unpaired) electrons. The normalized spacial score (nSPS) is 10.4. The number of aromatic nitrogens is 3. The number of rotatable bonds is 3. The molecule has 0 bridgehead atoms. The second-order valence-electron chi connectivity index (χ2n) is 2.92. The van der Waals surface area contributed by atoms with Crippen molar-refractivity contribution in [1.82, 2.24) is 15.0 Å². The summed E-state index contributed by atoms with van der Waals surface area (Å²) in [6.45, 7) is -0.0602. The second kappa shape index (κ2) is 5.25. The molecule has 6 heteroatoms. The molecule has 2 heterocycles. The summed E-state index contributed by atoms with van der Waals surface area (Å²) in [5.41, 5.74) is 0.677. The van der Waals surface area contributed by atoms with Gasteiger partial charge in [-0.25, -0.2) is 15.0 Å². The van der Waals surface area contributed by atoms with E-state index in [9.17, 15) is 0 Å². The summed E-state index contributed by atoms with van der Waals surface area (Å²) in [7, 11) is 0. The maximum atomic E-state index is 8.84. The van der Waals surface area contributed by atoms with Crippen LogP contribution in [0.15, 0.2) is 40.9 Å². The molecule has 0 spiro atoms. The predicted octanol–water partition coefficient (Wildman–Crippen LogP) is 2.17. The first kappa shape index (κ1) is 11.3. The van der Waals surface area contributed by atoms with Crippen molar-refractivity contribution in [3.63, 3.8) is 0 Å². The zero-order valence-corrected chi connectivity index (χ0v) is 9.74. The third-order valence-corrected chi connectivity index (χ3v) is 3.11. The maximum absolute atomic E-state index is 8.84. The highest BCUT2D eigenvalue weighted by molar-refractivity contribution is 7.99. The SMILES string of the molecule is OCc1cnc(Sc2ncccc2Cl)nc1. The molecule has 1 N–H and O–H groups in total. The van der Waals surface area contributed by atoms with Gasteiger partial charge in [-0.15, -0.1) is 0 Å². The predicted molar refractivity (Wildman–Crippen MR) is 61.3 cm³/mol. The summed E-state index contributed by atoms with van der Waals surface area (Å²) in [6, 6.07) is 3.53. The van der Waals surface area contributed by atoms with E-state index in [2.05, 4.69) is 15.0 Å². The Kier molecular flexibility index (Phi) is 3.71. The Balaban J connectivity index is 2.18. The molecule has 4 nitrogen and oxygen atoms in total. The van der Waals surface area contributed by atoms with E-state index in [1.165, 1.54) is 11.8 Å². The number of aliphatic hydroxyl groups is 1. The Bertz CT molecular complexity index is 478. The van der Waals surface area contributed by atoms with Crippen LogP contribution >= 0.6 is 23.4 Å². The molecule has 0 amide bonds. The lowest BCUT2D eigenvalue weighted by Crippen LogP contribution is -1.91. The Labute approximate surface area is 102 Å². The van der Waals surface area contributed by atoms with Crippen molar-refractivity contribution in [3.05, 3.63) is 41.3 Å². The molecular weight excluding hydrogens is 246 g/mol. The molecule has 2 rings (SSSR count). The van der Waals surface area contributed by atoms with Gasteiger partial charge < -0.3 is 5.11 Å². The van der Waals surface area contributed by atoms with Crippen LogP contribution in [0.2, 0.25) is 5.02 Å². The van der Waals surface area contributed by atoms with Crippen LogP contribution in [-0.4, -0.2) is 20.1 Å². The van der Waals surface area contributed by atoms with E-state index in [0.717, 1.165) is 0 Å². The Morgan fingerprint density at radius 3 is 2.62 bits per heavy atom. The average molecular weight is 254 g/mol. The number of halogens is 1. The first-order valence-electron chi connectivity index (χ1n) is 4.50. The molecule has 82 valence electrons. The number of pyridine rings is 1. The van der Waals surface area contributed by atoms with Crippen LogP contribution in [0.1, 0.15) is 5.56 Å². The second-order valence-corrected chi connectivity index (χ2v) is 4.29. The van der Waals surface area contributed by atoms with E-state index >= 15 is 0 Å². The van der Waals surface area contributed by atoms with Crippen LogP contribution in [0, 0.1) is 0 Å². The molecule has 0 atom stereocenters.